The fourth-order valence-electron chi connectivity index (χ4n) is 2.85. The van der Waals surface area contributed by atoms with Crippen molar-refractivity contribution in [2.75, 3.05) is 26.7 Å². The van der Waals surface area contributed by atoms with E-state index in [0.717, 1.165) is 31.1 Å². The second-order valence-corrected chi connectivity index (χ2v) is 6.07. The molecule has 5 heteroatoms. The van der Waals surface area contributed by atoms with Gasteiger partial charge in [0.2, 0.25) is 5.91 Å². The molecule has 1 atom stereocenters. The van der Waals surface area contributed by atoms with Crippen molar-refractivity contribution in [1.82, 2.24) is 19.6 Å². The molecule has 0 spiro atoms. The minimum absolute atomic E-state index is 0.215. The average molecular weight is 278 g/mol. The highest BCUT2D eigenvalue weighted by atomic mass is 16.2. The van der Waals surface area contributed by atoms with E-state index in [1.165, 1.54) is 12.8 Å². The van der Waals surface area contributed by atoms with E-state index < -0.39 is 0 Å². The van der Waals surface area contributed by atoms with Crippen LogP contribution in [0.1, 0.15) is 31.7 Å². The van der Waals surface area contributed by atoms with Gasteiger partial charge in [-0.15, -0.1) is 0 Å². The Kier molecular flexibility index (Phi) is 5.17. The van der Waals surface area contributed by atoms with Crippen LogP contribution in [0.2, 0.25) is 0 Å². The van der Waals surface area contributed by atoms with Crippen LogP contribution in [0.5, 0.6) is 0 Å². The molecule has 1 unspecified atom stereocenters. The van der Waals surface area contributed by atoms with Crippen LogP contribution in [0, 0.1) is 5.92 Å². The third-order valence-electron chi connectivity index (χ3n) is 3.99. The van der Waals surface area contributed by atoms with Crippen molar-refractivity contribution in [2.45, 2.75) is 32.7 Å². The predicted molar refractivity (Wildman–Crippen MR) is 79.1 cm³/mol. The number of likely N-dealkylation sites (tertiary alicyclic amines) is 1. The van der Waals surface area contributed by atoms with Gasteiger partial charge < -0.3 is 9.80 Å². The van der Waals surface area contributed by atoms with Crippen LogP contribution in [0.15, 0.2) is 12.4 Å². The number of hydrogen-bond acceptors (Lipinski definition) is 3. The monoisotopic (exact) mass is 278 g/mol. The van der Waals surface area contributed by atoms with Crippen LogP contribution in [-0.2, 0) is 18.4 Å². The van der Waals surface area contributed by atoms with Crippen molar-refractivity contribution < 1.29 is 4.79 Å². The summed E-state index contributed by atoms with van der Waals surface area (Å²) in [6, 6.07) is 0. The Hall–Kier alpha value is -1.36. The van der Waals surface area contributed by atoms with Crippen molar-refractivity contribution >= 4 is 5.91 Å². The Morgan fingerprint density at radius 1 is 1.55 bits per heavy atom. The fourth-order valence-corrected chi connectivity index (χ4v) is 2.85. The Morgan fingerprint density at radius 3 is 3.00 bits per heavy atom. The molecule has 1 aliphatic heterocycles. The molecule has 20 heavy (non-hydrogen) atoms. The Bertz CT molecular complexity index is 443. The highest BCUT2D eigenvalue weighted by Gasteiger charge is 2.18. The molecule has 5 nitrogen and oxygen atoms in total. The highest BCUT2D eigenvalue weighted by Crippen LogP contribution is 2.15. The second-order valence-electron chi connectivity index (χ2n) is 6.07. The first kappa shape index (κ1) is 15.0. The quantitative estimate of drug-likeness (QED) is 0.819. The molecular formula is C15H26N4O. The molecule has 2 rings (SSSR count). The summed E-state index contributed by atoms with van der Waals surface area (Å²) < 4.78 is 1.77. The number of carbonyl (C=O) groups is 1. The lowest BCUT2D eigenvalue weighted by atomic mass is 10.0. The first-order chi connectivity index (χ1) is 9.54. The van der Waals surface area contributed by atoms with Gasteiger partial charge in [0, 0.05) is 51.9 Å². The second kappa shape index (κ2) is 6.88. The van der Waals surface area contributed by atoms with Crippen molar-refractivity contribution in [3.05, 3.63) is 18.0 Å². The number of hydrogen-bond donors (Lipinski definition) is 0. The minimum atomic E-state index is 0.215. The zero-order valence-electron chi connectivity index (χ0n) is 12.9. The van der Waals surface area contributed by atoms with E-state index in [0.29, 0.717) is 13.0 Å². The van der Waals surface area contributed by atoms with Gasteiger partial charge in [0.15, 0.2) is 0 Å². The van der Waals surface area contributed by atoms with E-state index in [1.807, 2.05) is 26.5 Å². The Balaban J connectivity index is 1.73. The van der Waals surface area contributed by atoms with Crippen molar-refractivity contribution in [1.29, 1.82) is 0 Å². The molecular weight excluding hydrogens is 252 g/mol. The molecule has 112 valence electrons. The van der Waals surface area contributed by atoms with E-state index >= 15 is 0 Å². The number of nitrogens with zero attached hydrogens (tertiary/aromatic N) is 4. The maximum atomic E-state index is 12.2. The molecule has 1 aromatic heterocycles. The highest BCUT2D eigenvalue weighted by molar-refractivity contribution is 5.76. The van der Waals surface area contributed by atoms with Crippen LogP contribution >= 0.6 is 0 Å². The topological polar surface area (TPSA) is 41.4 Å². The fraction of sp³-hybridized carbons (Fsp3) is 0.733. The predicted octanol–water partition coefficient (Wildman–Crippen LogP) is 1.50. The van der Waals surface area contributed by atoms with Crippen LogP contribution < -0.4 is 0 Å². The van der Waals surface area contributed by atoms with Gasteiger partial charge in [-0.2, -0.15) is 5.10 Å². The molecule has 1 aromatic rings. The van der Waals surface area contributed by atoms with Crippen molar-refractivity contribution in [3.8, 4) is 0 Å². The summed E-state index contributed by atoms with van der Waals surface area (Å²) in [4.78, 5) is 16.4. The summed E-state index contributed by atoms with van der Waals surface area (Å²) in [5.41, 5.74) is 1.08. The Labute approximate surface area is 121 Å². The van der Waals surface area contributed by atoms with Gasteiger partial charge >= 0.3 is 0 Å². The molecule has 0 N–H and O–H groups in total. The number of carbonyl (C=O) groups excluding carboxylic acids is 1. The molecule has 1 saturated heterocycles. The van der Waals surface area contributed by atoms with Gasteiger partial charge in [0.05, 0.1) is 6.20 Å². The lowest BCUT2D eigenvalue weighted by Gasteiger charge is -2.31. The lowest BCUT2D eigenvalue weighted by molar-refractivity contribution is -0.130. The number of piperidine rings is 1. The van der Waals surface area contributed by atoms with E-state index in [9.17, 15) is 4.79 Å². The van der Waals surface area contributed by atoms with Crippen LogP contribution in [0.3, 0.4) is 0 Å². The zero-order chi connectivity index (χ0) is 14.5. The first-order valence-electron chi connectivity index (χ1n) is 7.48. The maximum Gasteiger partial charge on any atom is 0.223 e. The van der Waals surface area contributed by atoms with Gasteiger partial charge in [-0.1, -0.05) is 6.92 Å². The molecule has 0 saturated carbocycles. The van der Waals surface area contributed by atoms with Crippen LogP contribution in [-0.4, -0.2) is 52.2 Å². The minimum Gasteiger partial charge on any atom is -0.341 e. The van der Waals surface area contributed by atoms with Gasteiger partial charge in [-0.3, -0.25) is 9.48 Å². The standard InChI is InChI=1S/C15H26N4O/c1-13-5-4-7-19(10-13)8-6-15(20)17(2)11-14-9-16-18(3)12-14/h9,12-13H,4-8,10-11H2,1-3H3. The Morgan fingerprint density at radius 2 is 2.35 bits per heavy atom. The molecule has 0 radical (unpaired) electrons. The summed E-state index contributed by atoms with van der Waals surface area (Å²) in [5, 5.41) is 4.13. The van der Waals surface area contributed by atoms with Crippen LogP contribution in [0.25, 0.3) is 0 Å². The molecule has 1 amide bonds. The van der Waals surface area contributed by atoms with Crippen molar-refractivity contribution in [3.63, 3.8) is 0 Å². The summed E-state index contributed by atoms with van der Waals surface area (Å²) >= 11 is 0. The van der Waals surface area contributed by atoms with E-state index in [-0.39, 0.29) is 5.91 Å². The SMILES string of the molecule is CC1CCCN(CCC(=O)N(C)Cc2cnn(C)c2)C1. The van der Waals surface area contributed by atoms with E-state index in [1.54, 1.807) is 9.58 Å². The molecule has 0 bridgehead atoms. The summed E-state index contributed by atoms with van der Waals surface area (Å²) in [6.07, 6.45) is 6.97. The van der Waals surface area contributed by atoms with Crippen molar-refractivity contribution in [2.24, 2.45) is 13.0 Å². The van der Waals surface area contributed by atoms with E-state index in [2.05, 4.69) is 16.9 Å². The molecule has 1 fully saturated rings. The summed E-state index contributed by atoms with van der Waals surface area (Å²) in [5.74, 6) is 0.985. The summed E-state index contributed by atoms with van der Waals surface area (Å²) in [7, 11) is 3.76. The normalized spacial score (nSPS) is 20.1. The third kappa shape index (κ3) is 4.34. The van der Waals surface area contributed by atoms with Gasteiger partial charge in [0.25, 0.3) is 0 Å². The van der Waals surface area contributed by atoms with Gasteiger partial charge in [0.1, 0.15) is 0 Å². The lowest BCUT2D eigenvalue weighted by Crippen LogP contribution is -2.37. The maximum absolute atomic E-state index is 12.2. The average Bonchev–Trinajstić information content (AvgIpc) is 2.81. The largest absolute Gasteiger partial charge is 0.341 e. The van der Waals surface area contributed by atoms with E-state index in [4.69, 9.17) is 0 Å². The summed E-state index contributed by atoms with van der Waals surface area (Å²) in [6.45, 7) is 6.11. The van der Waals surface area contributed by atoms with Gasteiger partial charge in [-0.05, 0) is 25.3 Å². The molecule has 0 aromatic carbocycles. The number of aromatic nitrogens is 2. The number of aryl methyl sites for hydroxylation is 1. The third-order valence-corrected chi connectivity index (χ3v) is 3.99. The molecule has 2 heterocycles. The zero-order valence-corrected chi connectivity index (χ0v) is 12.9. The molecule has 0 aliphatic carbocycles. The van der Waals surface area contributed by atoms with Crippen LogP contribution in [0.4, 0.5) is 0 Å². The smallest absolute Gasteiger partial charge is 0.223 e. The molecule has 1 aliphatic rings. The van der Waals surface area contributed by atoms with Gasteiger partial charge in [-0.25, -0.2) is 0 Å². The number of rotatable bonds is 5. The first-order valence-corrected chi connectivity index (χ1v) is 7.48. The number of amides is 1.